The third kappa shape index (κ3) is 5.75. The first kappa shape index (κ1) is 24.4. The summed E-state index contributed by atoms with van der Waals surface area (Å²) in [6, 6.07) is 5.81. The molecular formula is C21H23ClFN5O5. The summed E-state index contributed by atoms with van der Waals surface area (Å²) in [6.07, 6.45) is 3.26. The van der Waals surface area contributed by atoms with E-state index in [-0.39, 0.29) is 17.4 Å². The lowest BCUT2D eigenvalue weighted by molar-refractivity contribution is -0.125. The summed E-state index contributed by atoms with van der Waals surface area (Å²) in [7, 11) is 0. The van der Waals surface area contributed by atoms with Gasteiger partial charge in [0.15, 0.2) is 5.54 Å². The van der Waals surface area contributed by atoms with Gasteiger partial charge in [0.05, 0.1) is 23.9 Å². The number of amides is 4. The Bertz CT molecular complexity index is 1030. The molecule has 0 radical (unpaired) electrons. The molecule has 0 unspecified atom stereocenters. The van der Waals surface area contributed by atoms with Gasteiger partial charge in [0.1, 0.15) is 11.6 Å². The molecule has 0 aliphatic carbocycles. The number of aromatic nitrogens is 1. The van der Waals surface area contributed by atoms with Gasteiger partial charge in [-0.3, -0.25) is 14.9 Å². The average molecular weight is 480 g/mol. The normalized spacial score (nSPS) is 14.1. The van der Waals surface area contributed by atoms with Crippen molar-refractivity contribution in [1.29, 1.82) is 0 Å². The summed E-state index contributed by atoms with van der Waals surface area (Å²) in [6.45, 7) is -1.47. The second-order valence-electron chi connectivity index (χ2n) is 7.46. The first-order valence-corrected chi connectivity index (χ1v) is 10.5. The van der Waals surface area contributed by atoms with Crippen LogP contribution in [0.4, 0.5) is 26.4 Å². The molecule has 5 N–H and O–H groups in total. The Hall–Kier alpha value is -3.28. The van der Waals surface area contributed by atoms with Crippen molar-refractivity contribution in [3.63, 3.8) is 0 Å². The summed E-state index contributed by atoms with van der Waals surface area (Å²) in [5, 5.41) is 26.6. The molecule has 3 rings (SSSR count). The number of aliphatic hydroxyl groups excluding tert-OH is 2. The van der Waals surface area contributed by atoms with Crippen molar-refractivity contribution >= 4 is 46.6 Å². The van der Waals surface area contributed by atoms with Gasteiger partial charge in [0.2, 0.25) is 5.91 Å². The Balaban J connectivity index is 1.71. The highest BCUT2D eigenvalue weighted by Crippen LogP contribution is 2.26. The second kappa shape index (κ2) is 10.6. The lowest BCUT2D eigenvalue weighted by Crippen LogP contribution is -2.62. The number of carbonyl (C=O) groups excluding carboxylic acids is 3. The Morgan fingerprint density at radius 2 is 1.91 bits per heavy atom. The minimum Gasteiger partial charge on any atom is -0.393 e. The molecule has 1 aliphatic rings. The minimum absolute atomic E-state index is 0.107. The number of hydrogen-bond acceptors (Lipinski definition) is 6. The molecule has 10 nitrogen and oxygen atoms in total. The summed E-state index contributed by atoms with van der Waals surface area (Å²) >= 11 is 5.73. The molecule has 0 bridgehead atoms. The first-order valence-electron chi connectivity index (χ1n) is 10.1. The van der Waals surface area contributed by atoms with Gasteiger partial charge in [-0.25, -0.2) is 14.2 Å². The zero-order chi connectivity index (χ0) is 24.0. The van der Waals surface area contributed by atoms with Crippen molar-refractivity contribution in [3.8, 4) is 0 Å². The van der Waals surface area contributed by atoms with Gasteiger partial charge < -0.3 is 25.7 Å². The molecule has 1 aliphatic heterocycles. The number of rotatable bonds is 7. The minimum atomic E-state index is -2.16. The molecule has 176 valence electrons. The Morgan fingerprint density at radius 1 is 1.15 bits per heavy atom. The number of piperidine rings is 1. The fourth-order valence-electron chi connectivity index (χ4n) is 3.24. The predicted octanol–water partition coefficient (Wildman–Crippen LogP) is 1.87. The lowest BCUT2D eigenvalue weighted by Gasteiger charge is -2.30. The highest BCUT2D eigenvalue weighted by molar-refractivity contribution is 6.30. The fourth-order valence-corrected chi connectivity index (χ4v) is 3.35. The van der Waals surface area contributed by atoms with Crippen LogP contribution in [0.2, 0.25) is 5.02 Å². The topological polar surface area (TPSA) is 144 Å². The molecule has 1 saturated heterocycles. The summed E-state index contributed by atoms with van der Waals surface area (Å²) in [5.41, 5.74) is -2.05. The zero-order valence-corrected chi connectivity index (χ0v) is 18.2. The third-order valence-corrected chi connectivity index (χ3v) is 5.36. The van der Waals surface area contributed by atoms with Crippen molar-refractivity contribution in [2.45, 2.75) is 24.8 Å². The number of nitrogens with zero attached hydrogens (tertiary/aromatic N) is 2. The summed E-state index contributed by atoms with van der Waals surface area (Å²) < 4.78 is 14.7. The quantitative estimate of drug-likeness (QED) is 0.410. The van der Waals surface area contributed by atoms with Gasteiger partial charge in [-0.15, -0.1) is 0 Å². The number of urea groups is 1. The Labute approximate surface area is 193 Å². The van der Waals surface area contributed by atoms with E-state index in [1.165, 1.54) is 35.4 Å². The number of carbonyl (C=O) groups is 3. The average Bonchev–Trinajstić information content (AvgIpc) is 2.80. The van der Waals surface area contributed by atoms with Gasteiger partial charge in [-0.1, -0.05) is 11.6 Å². The van der Waals surface area contributed by atoms with Crippen LogP contribution in [-0.2, 0) is 9.59 Å². The number of aliphatic hydroxyl groups is 2. The molecule has 1 fully saturated rings. The molecule has 1 aromatic carbocycles. The van der Waals surface area contributed by atoms with E-state index < -0.39 is 36.5 Å². The SMILES string of the molecule is O=C(Nc1ccc(Cl)cn1)NC(CO)(CO)C(=O)Nc1ccc(N2CCCCC2=O)cc1F. The molecule has 2 aromatic rings. The number of hydrogen-bond donors (Lipinski definition) is 5. The third-order valence-electron chi connectivity index (χ3n) is 5.13. The molecule has 33 heavy (non-hydrogen) atoms. The van der Waals surface area contributed by atoms with Crippen LogP contribution in [0.25, 0.3) is 0 Å². The monoisotopic (exact) mass is 479 g/mol. The molecule has 12 heteroatoms. The lowest BCUT2D eigenvalue weighted by atomic mass is 10.0. The summed E-state index contributed by atoms with van der Waals surface area (Å²) in [4.78, 5) is 42.5. The highest BCUT2D eigenvalue weighted by Gasteiger charge is 2.40. The summed E-state index contributed by atoms with van der Waals surface area (Å²) in [5.74, 6) is -1.87. The standard InChI is InChI=1S/C21H23ClFN5O5/c22-13-4-7-17(24-10-13)26-20(33)27-21(11-29,12-30)19(32)25-16-6-5-14(9-15(16)23)28-8-2-1-3-18(28)31/h4-7,9-10,29-30H,1-3,8,11-12H2,(H,25,32)(H2,24,26,27,33). The molecule has 1 aromatic heterocycles. The maximum atomic E-state index is 14.7. The smallest absolute Gasteiger partial charge is 0.321 e. The number of pyridine rings is 1. The van der Waals surface area contributed by atoms with E-state index in [9.17, 15) is 29.0 Å². The predicted molar refractivity (Wildman–Crippen MR) is 120 cm³/mol. The molecular weight excluding hydrogens is 457 g/mol. The van der Waals surface area contributed by atoms with Gasteiger partial charge in [0.25, 0.3) is 5.91 Å². The zero-order valence-electron chi connectivity index (χ0n) is 17.5. The van der Waals surface area contributed by atoms with Crippen molar-refractivity contribution in [1.82, 2.24) is 10.3 Å². The molecule has 2 heterocycles. The van der Waals surface area contributed by atoms with Gasteiger partial charge in [-0.05, 0) is 43.2 Å². The van der Waals surface area contributed by atoms with Crippen LogP contribution in [0, 0.1) is 5.82 Å². The fraction of sp³-hybridized carbons (Fsp3) is 0.333. The van der Waals surface area contributed by atoms with Crippen molar-refractivity contribution in [2.75, 3.05) is 35.3 Å². The van der Waals surface area contributed by atoms with Crippen LogP contribution in [0.1, 0.15) is 19.3 Å². The van der Waals surface area contributed by atoms with Crippen LogP contribution in [-0.4, -0.2) is 58.3 Å². The molecule has 0 spiro atoms. The maximum absolute atomic E-state index is 14.7. The number of anilines is 3. The van der Waals surface area contributed by atoms with E-state index in [4.69, 9.17) is 11.6 Å². The van der Waals surface area contributed by atoms with Crippen LogP contribution in [0.3, 0.4) is 0 Å². The van der Waals surface area contributed by atoms with E-state index in [0.29, 0.717) is 23.7 Å². The molecule has 4 amide bonds. The number of benzene rings is 1. The Kier molecular flexibility index (Phi) is 7.79. The van der Waals surface area contributed by atoms with Crippen molar-refractivity contribution < 1.29 is 29.0 Å². The van der Waals surface area contributed by atoms with Crippen molar-refractivity contribution in [3.05, 3.63) is 47.4 Å². The molecule has 0 atom stereocenters. The van der Waals surface area contributed by atoms with Crippen LogP contribution in [0.5, 0.6) is 0 Å². The van der Waals surface area contributed by atoms with Gasteiger partial charge in [-0.2, -0.15) is 0 Å². The molecule has 0 saturated carbocycles. The van der Waals surface area contributed by atoms with Crippen LogP contribution in [0.15, 0.2) is 36.5 Å². The van der Waals surface area contributed by atoms with E-state index in [1.807, 2.05) is 0 Å². The number of nitrogens with one attached hydrogen (secondary N) is 3. The Morgan fingerprint density at radius 3 is 2.52 bits per heavy atom. The maximum Gasteiger partial charge on any atom is 0.321 e. The first-order chi connectivity index (χ1) is 15.8. The van der Waals surface area contributed by atoms with Crippen LogP contribution < -0.4 is 20.9 Å². The van der Waals surface area contributed by atoms with E-state index >= 15 is 0 Å². The largest absolute Gasteiger partial charge is 0.393 e. The van der Waals surface area contributed by atoms with E-state index in [0.717, 1.165) is 18.9 Å². The second-order valence-corrected chi connectivity index (χ2v) is 7.90. The van der Waals surface area contributed by atoms with Gasteiger partial charge in [0, 0.05) is 24.8 Å². The number of halogens is 2. The van der Waals surface area contributed by atoms with Crippen LogP contribution >= 0.6 is 11.6 Å². The van der Waals surface area contributed by atoms with Crippen molar-refractivity contribution in [2.24, 2.45) is 0 Å². The van der Waals surface area contributed by atoms with E-state index in [1.54, 1.807) is 0 Å². The highest BCUT2D eigenvalue weighted by atomic mass is 35.5. The van der Waals surface area contributed by atoms with E-state index in [2.05, 4.69) is 20.9 Å². The van der Waals surface area contributed by atoms with Gasteiger partial charge >= 0.3 is 6.03 Å².